The molecule has 0 aliphatic carbocycles. The van der Waals surface area contributed by atoms with Crippen LogP contribution in [-0.2, 0) is 33.8 Å². The van der Waals surface area contributed by atoms with Gasteiger partial charge in [-0.05, 0) is 70.6 Å². The molecule has 0 N–H and O–H groups in total. The van der Waals surface area contributed by atoms with Crippen LogP contribution in [0, 0.1) is 0 Å². The second-order valence-electron chi connectivity index (χ2n) is 9.69. The van der Waals surface area contributed by atoms with Crippen molar-refractivity contribution in [2.24, 2.45) is 0 Å². The molecule has 4 rings (SSSR count). The van der Waals surface area contributed by atoms with Gasteiger partial charge in [-0.15, -0.1) is 0 Å². The van der Waals surface area contributed by atoms with E-state index >= 15 is 0 Å². The fourth-order valence-corrected chi connectivity index (χ4v) is 5.79. The van der Waals surface area contributed by atoms with E-state index in [1.54, 1.807) is 16.5 Å². The zero-order valence-electron chi connectivity index (χ0n) is 21.9. The molecule has 36 heavy (non-hydrogen) atoms. The number of rotatable bonds is 11. The number of benzene rings is 1. The highest BCUT2D eigenvalue weighted by molar-refractivity contribution is 7.96. The van der Waals surface area contributed by atoms with Gasteiger partial charge in [0.15, 0.2) is 0 Å². The van der Waals surface area contributed by atoms with Crippen LogP contribution < -0.4 is 5.56 Å². The summed E-state index contributed by atoms with van der Waals surface area (Å²) in [4.78, 5) is 29.7. The summed E-state index contributed by atoms with van der Waals surface area (Å²) in [5.74, 6) is 0. The van der Waals surface area contributed by atoms with Gasteiger partial charge in [-0.3, -0.25) is 9.59 Å². The van der Waals surface area contributed by atoms with Crippen LogP contribution in [-0.4, -0.2) is 45.3 Å². The molecule has 0 spiro atoms. The van der Waals surface area contributed by atoms with Crippen LogP contribution in [0.4, 0.5) is 0 Å². The topological polar surface area (TPSA) is 73.7 Å². The zero-order valence-corrected chi connectivity index (χ0v) is 22.7. The van der Waals surface area contributed by atoms with Gasteiger partial charge < -0.3 is 14.0 Å². The smallest absolute Gasteiger partial charge is 0.293 e. The van der Waals surface area contributed by atoms with E-state index in [9.17, 15) is 9.59 Å². The molecule has 0 bridgehead atoms. The number of carbonyl (C=O) groups excluding carboxylic acids is 1. The van der Waals surface area contributed by atoms with Crippen LogP contribution in [0.15, 0.2) is 35.1 Å². The predicted octanol–water partition coefficient (Wildman–Crippen LogP) is 5.12. The Hall–Kier alpha value is -2.68. The van der Waals surface area contributed by atoms with E-state index in [4.69, 9.17) is 14.5 Å². The van der Waals surface area contributed by atoms with Crippen LogP contribution in [0.25, 0.3) is 22.3 Å². The van der Waals surface area contributed by atoms with Crippen molar-refractivity contribution in [3.63, 3.8) is 0 Å². The zero-order chi connectivity index (χ0) is 26.0. The van der Waals surface area contributed by atoms with Crippen LogP contribution in [0.5, 0.6) is 0 Å². The van der Waals surface area contributed by atoms with Crippen molar-refractivity contribution in [3.8, 4) is 11.4 Å². The first kappa shape index (κ1) is 26.4. The van der Waals surface area contributed by atoms with E-state index in [0.717, 1.165) is 46.4 Å². The molecule has 8 heteroatoms. The minimum absolute atomic E-state index is 0.0165. The Morgan fingerprint density at radius 3 is 2.58 bits per heavy atom. The number of aromatic nitrogens is 2. The van der Waals surface area contributed by atoms with Gasteiger partial charge in [-0.2, -0.15) is 0 Å². The van der Waals surface area contributed by atoms with Crippen molar-refractivity contribution in [3.05, 3.63) is 62.9 Å². The fraction of sp³-hybridized carbons (Fsp3) is 0.464. The summed E-state index contributed by atoms with van der Waals surface area (Å²) < 4.78 is 15.2. The second kappa shape index (κ2) is 11.2. The van der Waals surface area contributed by atoms with Crippen LogP contribution >= 0.6 is 11.9 Å². The number of fused-ring (bicyclic) bond motifs is 4. The largest absolute Gasteiger partial charge is 0.463 e. The molecule has 1 unspecified atom stereocenters. The Morgan fingerprint density at radius 1 is 1.17 bits per heavy atom. The number of ether oxygens (including phenoxy) is 2. The van der Waals surface area contributed by atoms with E-state index in [1.165, 1.54) is 5.56 Å². The minimum atomic E-state index is -0.334. The number of pyridine rings is 2. The molecule has 1 aliphatic heterocycles. The van der Waals surface area contributed by atoms with Gasteiger partial charge in [-0.25, -0.2) is 9.29 Å². The van der Waals surface area contributed by atoms with Gasteiger partial charge >= 0.3 is 0 Å². The molecule has 3 aromatic rings. The number of nitrogens with zero attached hydrogens (tertiary/aromatic N) is 3. The Balaban J connectivity index is 1.88. The van der Waals surface area contributed by atoms with Gasteiger partial charge in [-0.1, -0.05) is 30.1 Å². The number of hydrogen-bond acceptors (Lipinski definition) is 7. The van der Waals surface area contributed by atoms with Crippen molar-refractivity contribution in [2.45, 2.75) is 72.4 Å². The maximum Gasteiger partial charge on any atom is 0.293 e. The molecule has 1 aromatic carbocycles. The van der Waals surface area contributed by atoms with E-state index in [0.29, 0.717) is 24.6 Å². The molecular weight excluding hydrogens is 474 g/mol. The monoisotopic (exact) mass is 509 g/mol. The summed E-state index contributed by atoms with van der Waals surface area (Å²) in [5.41, 5.74) is 5.91. The lowest BCUT2D eigenvalue weighted by molar-refractivity contribution is -0.129. The van der Waals surface area contributed by atoms with E-state index < -0.39 is 0 Å². The lowest BCUT2D eigenvalue weighted by Crippen LogP contribution is -2.27. The van der Waals surface area contributed by atoms with Crippen molar-refractivity contribution >= 4 is 29.3 Å². The summed E-state index contributed by atoms with van der Waals surface area (Å²) in [7, 11) is 0. The van der Waals surface area contributed by atoms with Gasteiger partial charge in [0.1, 0.15) is 6.61 Å². The second-order valence-corrected chi connectivity index (χ2v) is 10.5. The molecular formula is C28H35N3O4S. The van der Waals surface area contributed by atoms with Gasteiger partial charge in [0.2, 0.25) is 0 Å². The highest BCUT2D eigenvalue weighted by atomic mass is 32.2. The van der Waals surface area contributed by atoms with E-state index in [-0.39, 0.29) is 24.4 Å². The van der Waals surface area contributed by atoms with Gasteiger partial charge in [0, 0.05) is 23.5 Å². The van der Waals surface area contributed by atoms with E-state index in [1.807, 2.05) is 45.0 Å². The average molecular weight is 510 g/mol. The molecule has 0 amide bonds. The summed E-state index contributed by atoms with van der Waals surface area (Å²) in [6, 6.07) is 10.6. The Kier molecular flexibility index (Phi) is 8.17. The predicted molar refractivity (Wildman–Crippen MR) is 145 cm³/mol. The molecule has 192 valence electrons. The standard InChI is InChI=1S/C28H35N3O4S/c1-17(2)31(36-6)12-11-20-21-9-7-8-10-25(21)29-27-23(20)14-30-26(27)13-22(19(5)35-18(3)4)24(28(30)33)15-34-16-32/h7-10,13,16-19H,11-12,14-15H2,1-6H3. The molecule has 2 aromatic heterocycles. The molecule has 0 radical (unpaired) electrons. The van der Waals surface area contributed by atoms with Crippen molar-refractivity contribution in [1.29, 1.82) is 0 Å². The van der Waals surface area contributed by atoms with Crippen molar-refractivity contribution in [2.75, 3.05) is 12.8 Å². The highest BCUT2D eigenvalue weighted by Gasteiger charge is 2.30. The van der Waals surface area contributed by atoms with Gasteiger partial charge in [0.05, 0.1) is 41.2 Å². The normalized spacial score (nSPS) is 13.5. The van der Waals surface area contributed by atoms with Crippen molar-refractivity contribution < 1.29 is 14.3 Å². The summed E-state index contributed by atoms with van der Waals surface area (Å²) >= 11 is 1.75. The third-order valence-electron chi connectivity index (χ3n) is 6.71. The first-order valence-electron chi connectivity index (χ1n) is 12.5. The first-order valence-corrected chi connectivity index (χ1v) is 13.6. The molecule has 7 nitrogen and oxygen atoms in total. The lowest BCUT2D eigenvalue weighted by Gasteiger charge is -2.24. The minimum Gasteiger partial charge on any atom is -0.463 e. The summed E-state index contributed by atoms with van der Waals surface area (Å²) in [5, 5.41) is 1.13. The Morgan fingerprint density at radius 2 is 1.92 bits per heavy atom. The molecule has 3 heterocycles. The highest BCUT2D eigenvalue weighted by Crippen LogP contribution is 2.37. The van der Waals surface area contributed by atoms with E-state index in [2.05, 4.69) is 30.5 Å². The SMILES string of the molecule is CSN(CCc1c2c(nc3ccccc13)-c1cc(C(C)OC(C)C)c(COC=O)c(=O)n1C2)C(C)C. The maximum atomic E-state index is 13.7. The molecule has 0 fully saturated rings. The molecule has 0 saturated carbocycles. The third-order valence-corrected chi connectivity index (χ3v) is 7.78. The Bertz CT molecular complexity index is 1320. The fourth-order valence-electron chi connectivity index (χ4n) is 5.10. The third kappa shape index (κ3) is 5.08. The quantitative estimate of drug-likeness (QED) is 0.205. The van der Waals surface area contributed by atoms with Gasteiger partial charge in [0.25, 0.3) is 12.0 Å². The van der Waals surface area contributed by atoms with Crippen LogP contribution in [0.3, 0.4) is 0 Å². The molecule has 0 saturated heterocycles. The lowest BCUT2D eigenvalue weighted by atomic mass is 9.97. The maximum absolute atomic E-state index is 13.7. The first-order chi connectivity index (χ1) is 17.3. The number of para-hydroxylation sites is 1. The number of hydrogen-bond donors (Lipinski definition) is 0. The van der Waals surface area contributed by atoms with Crippen molar-refractivity contribution in [1.82, 2.24) is 13.9 Å². The summed E-state index contributed by atoms with van der Waals surface area (Å²) in [6.45, 7) is 11.9. The summed E-state index contributed by atoms with van der Waals surface area (Å²) in [6.07, 6.45) is 2.61. The van der Waals surface area contributed by atoms with Crippen LogP contribution in [0.2, 0.25) is 0 Å². The molecule has 1 aliphatic rings. The number of carbonyl (C=O) groups is 1. The average Bonchev–Trinajstić information content (AvgIpc) is 3.21. The van der Waals surface area contributed by atoms with Crippen LogP contribution in [0.1, 0.15) is 63.0 Å². The Labute approximate surface area is 216 Å². The molecule has 1 atom stereocenters.